The van der Waals surface area contributed by atoms with E-state index in [1.165, 1.54) is 6.07 Å². The molecule has 0 aliphatic rings. The molecule has 1 amide bonds. The van der Waals surface area contributed by atoms with Crippen LogP contribution in [0, 0.1) is 11.3 Å². The van der Waals surface area contributed by atoms with E-state index in [4.69, 9.17) is 44.8 Å². The Labute approximate surface area is 154 Å². The van der Waals surface area contributed by atoms with Crippen molar-refractivity contribution in [2.75, 3.05) is 6.61 Å². The van der Waals surface area contributed by atoms with Crippen LogP contribution in [-0.2, 0) is 4.79 Å². The van der Waals surface area contributed by atoms with Crippen molar-refractivity contribution < 1.29 is 9.53 Å². The fourth-order valence-electron chi connectivity index (χ4n) is 2.04. The zero-order chi connectivity index (χ0) is 17.7. The molecule has 1 N–H and O–H groups in total. The summed E-state index contributed by atoms with van der Waals surface area (Å²) in [5.74, 6) is 0.0111. The van der Waals surface area contributed by atoms with Crippen LogP contribution in [0.3, 0.4) is 0 Å². The molecule has 0 saturated carbocycles. The highest BCUT2D eigenvalue weighted by Gasteiger charge is 2.14. The summed E-state index contributed by atoms with van der Waals surface area (Å²) >= 11 is 18.0. The summed E-state index contributed by atoms with van der Waals surface area (Å²) in [5.41, 5.74) is 1.17. The quantitative estimate of drug-likeness (QED) is 0.808. The smallest absolute Gasteiger partial charge is 0.258 e. The molecule has 124 valence electrons. The predicted octanol–water partition coefficient (Wildman–Crippen LogP) is 4.77. The third-order valence-electron chi connectivity index (χ3n) is 3.23. The third-order valence-corrected chi connectivity index (χ3v) is 4.08. The molecular weight excluding hydrogens is 371 g/mol. The van der Waals surface area contributed by atoms with Crippen LogP contribution in [0.5, 0.6) is 5.75 Å². The molecule has 24 heavy (non-hydrogen) atoms. The number of hydrogen-bond acceptors (Lipinski definition) is 3. The van der Waals surface area contributed by atoms with Crippen LogP contribution >= 0.6 is 34.8 Å². The first kappa shape index (κ1) is 18.4. The Hall–Kier alpha value is -1.93. The highest BCUT2D eigenvalue weighted by atomic mass is 35.5. The number of benzene rings is 2. The topological polar surface area (TPSA) is 62.1 Å². The van der Waals surface area contributed by atoms with Gasteiger partial charge >= 0.3 is 0 Å². The minimum Gasteiger partial charge on any atom is -0.482 e. The Morgan fingerprint density at radius 3 is 2.58 bits per heavy atom. The predicted molar refractivity (Wildman–Crippen MR) is 94.7 cm³/mol. The Bertz CT molecular complexity index is 803. The lowest BCUT2D eigenvalue weighted by Crippen LogP contribution is -2.31. The fourth-order valence-corrected chi connectivity index (χ4v) is 2.85. The first-order valence-corrected chi connectivity index (χ1v) is 8.11. The van der Waals surface area contributed by atoms with E-state index >= 15 is 0 Å². The number of amides is 1. The Morgan fingerprint density at radius 1 is 1.21 bits per heavy atom. The molecule has 1 atom stereocenters. The summed E-state index contributed by atoms with van der Waals surface area (Å²) in [6.45, 7) is 1.60. The molecule has 0 fully saturated rings. The number of hydrogen-bond donors (Lipinski definition) is 1. The van der Waals surface area contributed by atoms with Crippen LogP contribution in [0.4, 0.5) is 0 Å². The number of nitrogens with zero attached hydrogens (tertiary/aromatic N) is 1. The third kappa shape index (κ3) is 4.78. The second-order valence-electron chi connectivity index (χ2n) is 5.00. The van der Waals surface area contributed by atoms with Gasteiger partial charge in [0.25, 0.3) is 5.91 Å². The van der Waals surface area contributed by atoms with Gasteiger partial charge < -0.3 is 10.1 Å². The molecule has 2 rings (SSSR count). The number of ether oxygens (including phenoxy) is 1. The molecule has 2 aromatic carbocycles. The van der Waals surface area contributed by atoms with Gasteiger partial charge in [-0.1, -0.05) is 40.9 Å². The van der Waals surface area contributed by atoms with Crippen LogP contribution in [0.25, 0.3) is 0 Å². The molecule has 7 heteroatoms. The van der Waals surface area contributed by atoms with Crippen molar-refractivity contribution in [3.05, 3.63) is 62.6 Å². The van der Waals surface area contributed by atoms with Gasteiger partial charge in [0.1, 0.15) is 5.75 Å². The van der Waals surface area contributed by atoms with Crippen molar-refractivity contribution in [2.24, 2.45) is 0 Å². The van der Waals surface area contributed by atoms with Crippen molar-refractivity contribution in [3.8, 4) is 11.8 Å². The van der Waals surface area contributed by atoms with Gasteiger partial charge in [-0.05, 0) is 42.8 Å². The lowest BCUT2D eigenvalue weighted by Gasteiger charge is -2.16. The molecule has 2 aromatic rings. The molecule has 0 radical (unpaired) electrons. The molecule has 0 heterocycles. The van der Waals surface area contributed by atoms with Crippen LogP contribution in [-0.4, -0.2) is 12.5 Å². The van der Waals surface area contributed by atoms with E-state index in [-0.39, 0.29) is 23.6 Å². The zero-order valence-corrected chi connectivity index (χ0v) is 14.9. The molecule has 0 aromatic heterocycles. The van der Waals surface area contributed by atoms with Crippen LogP contribution < -0.4 is 10.1 Å². The Balaban J connectivity index is 1.95. The standard InChI is InChI=1S/C17H13Cl3N2O2/c1-10(13-4-3-12(18)7-14(13)19)22-17(23)9-24-16-5-2-11(8-21)6-15(16)20/h2-7,10H,9H2,1H3,(H,22,23)/t10-/m1/s1. The Kier molecular flexibility index (Phi) is 6.33. The molecule has 0 bridgehead atoms. The van der Waals surface area contributed by atoms with E-state index in [0.29, 0.717) is 21.4 Å². The zero-order valence-electron chi connectivity index (χ0n) is 12.6. The van der Waals surface area contributed by atoms with Crippen LogP contribution in [0.15, 0.2) is 36.4 Å². The summed E-state index contributed by atoms with van der Waals surface area (Å²) in [6, 6.07) is 11.3. The second-order valence-corrected chi connectivity index (χ2v) is 6.25. The van der Waals surface area contributed by atoms with Gasteiger partial charge in [0.15, 0.2) is 6.61 Å². The van der Waals surface area contributed by atoms with Crippen LogP contribution in [0.2, 0.25) is 15.1 Å². The van der Waals surface area contributed by atoms with Crippen molar-refractivity contribution in [1.29, 1.82) is 5.26 Å². The average molecular weight is 384 g/mol. The number of nitriles is 1. The number of carbonyl (C=O) groups is 1. The molecule has 0 spiro atoms. The van der Waals surface area contributed by atoms with Gasteiger partial charge in [0.2, 0.25) is 0 Å². The molecule has 0 aliphatic heterocycles. The van der Waals surface area contributed by atoms with Gasteiger partial charge in [-0.3, -0.25) is 4.79 Å². The van der Waals surface area contributed by atoms with Gasteiger partial charge in [0, 0.05) is 10.0 Å². The highest BCUT2D eigenvalue weighted by Crippen LogP contribution is 2.27. The van der Waals surface area contributed by atoms with Crippen molar-refractivity contribution in [3.63, 3.8) is 0 Å². The largest absolute Gasteiger partial charge is 0.482 e. The van der Waals surface area contributed by atoms with Crippen molar-refractivity contribution in [1.82, 2.24) is 5.32 Å². The van der Waals surface area contributed by atoms with Crippen molar-refractivity contribution in [2.45, 2.75) is 13.0 Å². The highest BCUT2D eigenvalue weighted by molar-refractivity contribution is 6.35. The lowest BCUT2D eigenvalue weighted by atomic mass is 10.1. The molecular formula is C17H13Cl3N2O2. The van der Waals surface area contributed by atoms with Crippen molar-refractivity contribution >= 4 is 40.7 Å². The normalized spacial score (nSPS) is 11.5. The summed E-state index contributed by atoms with van der Waals surface area (Å²) in [7, 11) is 0. The number of rotatable bonds is 5. The summed E-state index contributed by atoms with van der Waals surface area (Å²) in [4.78, 5) is 12.0. The monoisotopic (exact) mass is 382 g/mol. The SMILES string of the molecule is C[C@@H](NC(=O)COc1ccc(C#N)cc1Cl)c1ccc(Cl)cc1Cl. The first-order valence-electron chi connectivity index (χ1n) is 6.97. The summed E-state index contributed by atoms with van der Waals surface area (Å²) in [6.07, 6.45) is 0. The van der Waals surface area contributed by atoms with E-state index < -0.39 is 0 Å². The minimum absolute atomic E-state index is 0.207. The van der Waals surface area contributed by atoms with Crippen LogP contribution in [0.1, 0.15) is 24.1 Å². The molecule has 0 saturated heterocycles. The van der Waals surface area contributed by atoms with E-state index in [1.807, 2.05) is 13.0 Å². The van der Waals surface area contributed by atoms with E-state index in [0.717, 1.165) is 5.56 Å². The second kappa shape index (κ2) is 8.25. The maximum absolute atomic E-state index is 12.0. The van der Waals surface area contributed by atoms with E-state index in [2.05, 4.69) is 5.32 Å². The van der Waals surface area contributed by atoms with E-state index in [1.54, 1.807) is 30.3 Å². The fraction of sp³-hybridized carbons (Fsp3) is 0.176. The van der Waals surface area contributed by atoms with E-state index in [9.17, 15) is 4.79 Å². The minimum atomic E-state index is -0.325. The lowest BCUT2D eigenvalue weighted by molar-refractivity contribution is -0.123. The average Bonchev–Trinajstić information content (AvgIpc) is 2.53. The van der Waals surface area contributed by atoms with Gasteiger partial charge in [-0.2, -0.15) is 5.26 Å². The molecule has 0 aliphatic carbocycles. The molecule has 4 nitrogen and oxygen atoms in total. The number of halogens is 3. The maximum Gasteiger partial charge on any atom is 0.258 e. The van der Waals surface area contributed by atoms with Gasteiger partial charge in [-0.25, -0.2) is 0 Å². The van der Waals surface area contributed by atoms with Gasteiger partial charge in [0.05, 0.1) is 22.7 Å². The van der Waals surface area contributed by atoms with Gasteiger partial charge in [-0.15, -0.1) is 0 Å². The summed E-state index contributed by atoms with van der Waals surface area (Å²) in [5, 5.41) is 12.8. The maximum atomic E-state index is 12.0. The summed E-state index contributed by atoms with van der Waals surface area (Å²) < 4.78 is 5.38. The number of carbonyl (C=O) groups excluding carboxylic acids is 1. The number of nitrogens with one attached hydrogen (secondary N) is 1. The Morgan fingerprint density at radius 2 is 1.96 bits per heavy atom. The molecule has 0 unspecified atom stereocenters. The first-order chi connectivity index (χ1) is 11.4.